The summed E-state index contributed by atoms with van der Waals surface area (Å²) in [5.74, 6) is 0.295. The summed E-state index contributed by atoms with van der Waals surface area (Å²) in [7, 11) is -3.59. The predicted molar refractivity (Wildman–Crippen MR) is 116 cm³/mol. The highest BCUT2D eigenvalue weighted by molar-refractivity contribution is 7.99. The molecular weight excluding hydrogens is 424 g/mol. The fourth-order valence-corrected chi connectivity index (χ4v) is 5.11. The summed E-state index contributed by atoms with van der Waals surface area (Å²) in [6, 6.07) is 8.16. The molecule has 0 saturated heterocycles. The first-order valence-electron chi connectivity index (χ1n) is 9.48. The van der Waals surface area contributed by atoms with Crippen molar-refractivity contribution in [1.29, 1.82) is 0 Å². The smallest absolute Gasteiger partial charge is 0.253 e. The normalized spacial score (nSPS) is 11.9. The molecular formula is C19H24N6O3S2. The van der Waals surface area contributed by atoms with Crippen molar-refractivity contribution in [3.05, 3.63) is 41.7 Å². The van der Waals surface area contributed by atoms with E-state index >= 15 is 0 Å². The van der Waals surface area contributed by atoms with E-state index in [2.05, 4.69) is 20.4 Å². The lowest BCUT2D eigenvalue weighted by molar-refractivity contribution is -0.113. The lowest BCUT2D eigenvalue weighted by atomic mass is 10.3. The number of fused-ring (bicyclic) bond motifs is 1. The fourth-order valence-electron chi connectivity index (χ4n) is 2.98. The second-order valence-corrected chi connectivity index (χ2v) is 9.48. The largest absolute Gasteiger partial charge is 0.325 e. The third-order valence-corrected chi connectivity index (χ3v) is 7.28. The molecule has 160 valence electrons. The van der Waals surface area contributed by atoms with Crippen LogP contribution in [0.5, 0.6) is 0 Å². The topological polar surface area (TPSA) is 110 Å². The molecule has 1 amide bonds. The summed E-state index contributed by atoms with van der Waals surface area (Å²) in [6.07, 6.45) is 0. The third-order valence-electron chi connectivity index (χ3n) is 4.39. The second-order valence-electron chi connectivity index (χ2n) is 6.60. The van der Waals surface area contributed by atoms with Gasteiger partial charge in [-0.2, -0.15) is 9.29 Å². The van der Waals surface area contributed by atoms with Crippen LogP contribution in [0.2, 0.25) is 0 Å². The number of nitrogens with zero attached hydrogens (tertiary/aromatic N) is 5. The van der Waals surface area contributed by atoms with Crippen LogP contribution < -0.4 is 5.32 Å². The molecule has 1 N–H and O–H groups in total. The summed E-state index contributed by atoms with van der Waals surface area (Å²) < 4.78 is 28.3. The minimum atomic E-state index is -3.59. The number of carbonyl (C=O) groups excluding carboxylic acids is 1. The second kappa shape index (κ2) is 9.11. The van der Waals surface area contributed by atoms with E-state index in [4.69, 9.17) is 0 Å². The van der Waals surface area contributed by atoms with Crippen LogP contribution in [0.15, 0.2) is 40.4 Å². The van der Waals surface area contributed by atoms with Crippen molar-refractivity contribution in [2.45, 2.75) is 37.7 Å². The van der Waals surface area contributed by atoms with Crippen molar-refractivity contribution < 1.29 is 13.2 Å². The summed E-state index contributed by atoms with van der Waals surface area (Å²) in [5.41, 5.74) is 2.18. The van der Waals surface area contributed by atoms with Crippen LogP contribution in [0.1, 0.15) is 25.2 Å². The fraction of sp³-hybridized carbons (Fsp3) is 0.368. The van der Waals surface area contributed by atoms with Gasteiger partial charge in [-0.15, -0.1) is 5.10 Å². The Bertz CT molecular complexity index is 1170. The van der Waals surface area contributed by atoms with Gasteiger partial charge < -0.3 is 5.32 Å². The minimum Gasteiger partial charge on any atom is -0.325 e. The third kappa shape index (κ3) is 4.79. The van der Waals surface area contributed by atoms with Gasteiger partial charge >= 0.3 is 0 Å². The van der Waals surface area contributed by atoms with Crippen LogP contribution in [0.4, 0.5) is 5.69 Å². The molecule has 0 aliphatic carbocycles. The summed E-state index contributed by atoms with van der Waals surface area (Å²) in [6.45, 7) is 8.14. The van der Waals surface area contributed by atoms with Gasteiger partial charge in [-0.3, -0.25) is 4.79 Å². The lowest BCUT2D eigenvalue weighted by Crippen LogP contribution is -2.30. The first-order valence-corrected chi connectivity index (χ1v) is 11.9. The molecule has 0 radical (unpaired) electrons. The Kier molecular flexibility index (Phi) is 6.74. The van der Waals surface area contributed by atoms with Crippen LogP contribution >= 0.6 is 11.8 Å². The predicted octanol–water partition coefficient (Wildman–Crippen LogP) is 2.50. The van der Waals surface area contributed by atoms with Gasteiger partial charge in [0.05, 0.1) is 10.6 Å². The number of thioether (sulfide) groups is 1. The summed E-state index contributed by atoms with van der Waals surface area (Å²) >= 11 is 1.19. The molecule has 0 aliphatic heterocycles. The van der Waals surface area contributed by atoms with E-state index in [1.165, 1.54) is 28.2 Å². The molecule has 0 unspecified atom stereocenters. The van der Waals surface area contributed by atoms with Crippen LogP contribution in [-0.2, 0) is 14.8 Å². The van der Waals surface area contributed by atoms with Gasteiger partial charge in [0, 0.05) is 30.2 Å². The molecule has 0 saturated carbocycles. The van der Waals surface area contributed by atoms with Gasteiger partial charge in [-0.05, 0) is 38.1 Å². The van der Waals surface area contributed by atoms with Crippen LogP contribution in [0.3, 0.4) is 0 Å². The Morgan fingerprint density at radius 2 is 1.90 bits per heavy atom. The molecule has 30 heavy (non-hydrogen) atoms. The highest BCUT2D eigenvalue weighted by Crippen LogP contribution is 2.20. The molecule has 0 fully saturated rings. The maximum atomic E-state index is 12.7. The molecule has 9 nitrogen and oxygen atoms in total. The van der Waals surface area contributed by atoms with Gasteiger partial charge in [-0.1, -0.05) is 31.7 Å². The molecule has 11 heteroatoms. The quantitative estimate of drug-likeness (QED) is 0.527. The Morgan fingerprint density at radius 3 is 2.60 bits per heavy atom. The van der Waals surface area contributed by atoms with Crippen molar-refractivity contribution in [2.24, 2.45) is 0 Å². The number of aryl methyl sites for hydroxylation is 2. The number of benzene rings is 1. The average molecular weight is 449 g/mol. The van der Waals surface area contributed by atoms with Gasteiger partial charge in [0.25, 0.3) is 5.78 Å². The zero-order valence-electron chi connectivity index (χ0n) is 17.3. The molecule has 3 aromatic rings. The Balaban J connectivity index is 1.68. The van der Waals surface area contributed by atoms with Crippen molar-refractivity contribution >= 4 is 39.2 Å². The number of carbonyl (C=O) groups is 1. The van der Waals surface area contributed by atoms with Gasteiger partial charge in [0.1, 0.15) is 0 Å². The highest BCUT2D eigenvalue weighted by Gasteiger charge is 2.22. The number of hydrogen-bond donors (Lipinski definition) is 1. The average Bonchev–Trinajstić information content (AvgIpc) is 3.10. The maximum absolute atomic E-state index is 12.7. The lowest BCUT2D eigenvalue weighted by Gasteiger charge is -2.18. The van der Waals surface area contributed by atoms with Gasteiger partial charge in [0.2, 0.25) is 21.1 Å². The number of hydrogen-bond acceptors (Lipinski definition) is 7. The molecule has 0 bridgehead atoms. The Morgan fingerprint density at radius 1 is 1.17 bits per heavy atom. The molecule has 2 aromatic heterocycles. The number of nitrogens with one attached hydrogen (secondary N) is 1. The maximum Gasteiger partial charge on any atom is 0.253 e. The molecule has 0 aliphatic rings. The number of rotatable bonds is 8. The van der Waals surface area contributed by atoms with Crippen molar-refractivity contribution in [2.75, 3.05) is 24.2 Å². The van der Waals surface area contributed by atoms with E-state index in [1.54, 1.807) is 30.5 Å². The monoisotopic (exact) mass is 448 g/mol. The number of amides is 1. The number of sulfonamides is 1. The molecule has 2 heterocycles. The standard InChI is InChI=1S/C19H24N6O3S2/c1-5-24(6-2)30(27,28)16-9-7-8-15(11-16)21-17(26)12-29-19-22-18-20-13(3)10-14(4)25(18)23-19/h7-11H,5-6,12H2,1-4H3,(H,21,26). The van der Waals surface area contributed by atoms with E-state index in [1.807, 2.05) is 19.9 Å². The SMILES string of the molecule is CCN(CC)S(=O)(=O)c1cccc(NC(=O)CSc2nc3nc(C)cc(C)n3n2)c1. The van der Waals surface area contributed by atoms with Crippen molar-refractivity contribution in [1.82, 2.24) is 23.9 Å². The Hall–Kier alpha value is -2.50. The van der Waals surface area contributed by atoms with Gasteiger partial charge in [0.15, 0.2) is 0 Å². The summed E-state index contributed by atoms with van der Waals surface area (Å²) in [4.78, 5) is 21.2. The van der Waals surface area contributed by atoms with E-state index < -0.39 is 10.0 Å². The van der Waals surface area contributed by atoms with Crippen LogP contribution in [0.25, 0.3) is 5.78 Å². The molecule has 0 spiro atoms. The Labute approximate surface area is 180 Å². The van der Waals surface area contributed by atoms with Crippen molar-refractivity contribution in [3.63, 3.8) is 0 Å². The molecule has 1 aromatic carbocycles. The van der Waals surface area contributed by atoms with E-state index in [0.29, 0.717) is 29.7 Å². The highest BCUT2D eigenvalue weighted by atomic mass is 32.2. The van der Waals surface area contributed by atoms with Gasteiger partial charge in [-0.25, -0.2) is 17.9 Å². The number of aromatic nitrogens is 4. The summed E-state index contributed by atoms with van der Waals surface area (Å²) in [5, 5.41) is 7.54. The van der Waals surface area contributed by atoms with E-state index in [9.17, 15) is 13.2 Å². The van der Waals surface area contributed by atoms with E-state index in [-0.39, 0.29) is 16.6 Å². The molecule has 0 atom stereocenters. The zero-order chi connectivity index (χ0) is 21.9. The first kappa shape index (κ1) is 22.2. The van der Waals surface area contributed by atoms with Crippen LogP contribution in [0, 0.1) is 13.8 Å². The van der Waals surface area contributed by atoms with Crippen LogP contribution in [-0.4, -0.2) is 57.1 Å². The first-order chi connectivity index (χ1) is 14.2. The minimum absolute atomic E-state index is 0.0853. The van der Waals surface area contributed by atoms with Crippen molar-refractivity contribution in [3.8, 4) is 0 Å². The van der Waals surface area contributed by atoms with E-state index in [0.717, 1.165) is 11.4 Å². The number of anilines is 1. The zero-order valence-corrected chi connectivity index (χ0v) is 18.9. The molecule has 3 rings (SSSR count).